The number of aryl methyl sites for hydroxylation is 1. The quantitative estimate of drug-likeness (QED) is 0.647. The summed E-state index contributed by atoms with van der Waals surface area (Å²) in [7, 11) is 0. The minimum Gasteiger partial charge on any atom is -0.490 e. The Kier molecular flexibility index (Phi) is 6.75. The van der Waals surface area contributed by atoms with Gasteiger partial charge in [-0.3, -0.25) is 10.1 Å². The second-order valence-electron chi connectivity index (χ2n) is 8.29. The van der Waals surface area contributed by atoms with Crippen molar-refractivity contribution in [3.05, 3.63) is 59.2 Å². The van der Waals surface area contributed by atoms with Gasteiger partial charge in [-0.15, -0.1) is 11.8 Å². The van der Waals surface area contributed by atoms with Crippen molar-refractivity contribution < 1.29 is 19.4 Å². The zero-order valence-electron chi connectivity index (χ0n) is 17.4. The molecule has 0 aliphatic carbocycles. The van der Waals surface area contributed by atoms with E-state index in [1.54, 1.807) is 11.8 Å². The van der Waals surface area contributed by atoms with Gasteiger partial charge in [-0.2, -0.15) is 0 Å². The molecule has 0 aromatic heterocycles. The van der Waals surface area contributed by atoms with Crippen molar-refractivity contribution in [3.8, 4) is 11.5 Å². The lowest BCUT2D eigenvalue weighted by atomic mass is 9.85. The molecule has 1 aliphatic heterocycles. The predicted molar refractivity (Wildman–Crippen MR) is 117 cm³/mol. The molecule has 0 saturated carbocycles. The normalized spacial score (nSPS) is 19.2. The van der Waals surface area contributed by atoms with Gasteiger partial charge in [0.25, 0.3) is 0 Å². The third-order valence-corrected chi connectivity index (χ3v) is 6.08. The Balaban J connectivity index is 1.50. The van der Waals surface area contributed by atoms with E-state index >= 15 is 0 Å². The van der Waals surface area contributed by atoms with Crippen molar-refractivity contribution in [2.75, 3.05) is 19.0 Å². The summed E-state index contributed by atoms with van der Waals surface area (Å²) in [6.45, 7) is 9.56. The van der Waals surface area contributed by atoms with E-state index in [4.69, 9.17) is 14.6 Å². The molecule has 1 fully saturated rings. The predicted octanol–water partition coefficient (Wildman–Crippen LogP) is 4.54. The number of carboxylic acid groups (broad SMARTS) is 1. The largest absolute Gasteiger partial charge is 0.490 e. The number of carbonyl (C=O) groups is 1. The summed E-state index contributed by atoms with van der Waals surface area (Å²) >= 11 is 1.61. The van der Waals surface area contributed by atoms with Crippen molar-refractivity contribution in [3.63, 3.8) is 0 Å². The van der Waals surface area contributed by atoms with Crippen LogP contribution in [0.2, 0.25) is 0 Å². The molecule has 2 unspecified atom stereocenters. The third kappa shape index (κ3) is 5.67. The standard InChI is InChI=1S/C23H29NO4S/c1-15-5-10-20(18(13-15)23(2,3)4)28-12-11-27-17-8-6-16(7-9-17)21-24-19(14-29-21)22(25)26/h5-10,13,19,21,24H,11-12,14H2,1-4H3,(H,25,26). The van der Waals surface area contributed by atoms with Gasteiger partial charge in [0.05, 0.1) is 5.37 Å². The molecular weight excluding hydrogens is 386 g/mol. The molecule has 2 atom stereocenters. The maximum atomic E-state index is 11.1. The van der Waals surface area contributed by atoms with E-state index in [0.29, 0.717) is 19.0 Å². The molecular formula is C23H29NO4S. The van der Waals surface area contributed by atoms with E-state index in [2.05, 4.69) is 45.1 Å². The van der Waals surface area contributed by atoms with Crippen molar-refractivity contribution >= 4 is 17.7 Å². The monoisotopic (exact) mass is 415 g/mol. The maximum absolute atomic E-state index is 11.1. The molecule has 156 valence electrons. The Morgan fingerprint density at radius 2 is 1.83 bits per heavy atom. The average molecular weight is 416 g/mol. The zero-order chi connectivity index (χ0) is 21.0. The summed E-state index contributed by atoms with van der Waals surface area (Å²) in [4.78, 5) is 11.1. The highest BCUT2D eigenvalue weighted by Crippen LogP contribution is 2.34. The van der Waals surface area contributed by atoms with Gasteiger partial charge in [0.2, 0.25) is 0 Å². The first kappa shape index (κ1) is 21.5. The van der Waals surface area contributed by atoms with Crippen molar-refractivity contribution in [2.45, 2.75) is 44.5 Å². The molecule has 29 heavy (non-hydrogen) atoms. The van der Waals surface area contributed by atoms with Gasteiger partial charge in [-0.05, 0) is 41.7 Å². The minimum absolute atomic E-state index is 0.00541. The lowest BCUT2D eigenvalue weighted by Gasteiger charge is -2.23. The van der Waals surface area contributed by atoms with E-state index in [-0.39, 0.29) is 10.8 Å². The van der Waals surface area contributed by atoms with Crippen LogP contribution in [0, 0.1) is 6.92 Å². The number of rotatable bonds is 7. The number of hydrogen-bond acceptors (Lipinski definition) is 5. The Morgan fingerprint density at radius 1 is 1.14 bits per heavy atom. The van der Waals surface area contributed by atoms with Gasteiger partial charge in [-0.25, -0.2) is 0 Å². The smallest absolute Gasteiger partial charge is 0.321 e. The second kappa shape index (κ2) is 9.09. The summed E-state index contributed by atoms with van der Waals surface area (Å²) in [5.74, 6) is 1.45. The molecule has 2 N–H and O–H groups in total. The molecule has 5 nitrogen and oxygen atoms in total. The molecule has 1 saturated heterocycles. The van der Waals surface area contributed by atoms with Crippen LogP contribution >= 0.6 is 11.8 Å². The molecule has 2 aromatic carbocycles. The fourth-order valence-electron chi connectivity index (χ4n) is 3.21. The first-order valence-electron chi connectivity index (χ1n) is 9.81. The van der Waals surface area contributed by atoms with Gasteiger partial charge < -0.3 is 14.6 Å². The molecule has 3 rings (SSSR count). The second-order valence-corrected chi connectivity index (χ2v) is 9.42. The van der Waals surface area contributed by atoms with Crippen LogP contribution < -0.4 is 14.8 Å². The minimum atomic E-state index is -0.803. The van der Waals surface area contributed by atoms with Crippen LogP contribution in [0.1, 0.15) is 42.8 Å². The fraction of sp³-hybridized carbons (Fsp3) is 0.435. The third-order valence-electron chi connectivity index (χ3n) is 4.82. The number of ether oxygens (including phenoxy) is 2. The van der Waals surface area contributed by atoms with Crippen molar-refractivity contribution in [1.29, 1.82) is 0 Å². The highest BCUT2D eigenvalue weighted by Gasteiger charge is 2.30. The van der Waals surface area contributed by atoms with Gasteiger partial charge >= 0.3 is 5.97 Å². The van der Waals surface area contributed by atoms with Gasteiger partial charge in [0.1, 0.15) is 30.8 Å². The number of thioether (sulfide) groups is 1. The lowest BCUT2D eigenvalue weighted by Crippen LogP contribution is -2.33. The molecule has 2 aromatic rings. The molecule has 0 spiro atoms. The molecule has 0 bridgehead atoms. The van der Waals surface area contributed by atoms with Crippen LogP contribution in [0.5, 0.6) is 11.5 Å². The highest BCUT2D eigenvalue weighted by molar-refractivity contribution is 7.99. The zero-order valence-corrected chi connectivity index (χ0v) is 18.2. The summed E-state index contributed by atoms with van der Waals surface area (Å²) in [6, 6.07) is 13.6. The topological polar surface area (TPSA) is 67.8 Å². The van der Waals surface area contributed by atoms with Crippen LogP contribution in [0.4, 0.5) is 0 Å². The fourth-order valence-corrected chi connectivity index (χ4v) is 4.45. The number of nitrogens with one attached hydrogen (secondary N) is 1. The lowest BCUT2D eigenvalue weighted by molar-refractivity contribution is -0.138. The summed E-state index contributed by atoms with van der Waals surface area (Å²) < 4.78 is 11.8. The molecule has 0 radical (unpaired) electrons. The number of carboxylic acids is 1. The van der Waals surface area contributed by atoms with Gasteiger partial charge in [0.15, 0.2) is 0 Å². The Morgan fingerprint density at radius 3 is 2.45 bits per heavy atom. The number of aliphatic carboxylic acids is 1. The van der Waals surface area contributed by atoms with E-state index in [1.807, 2.05) is 30.3 Å². The molecule has 6 heteroatoms. The number of benzene rings is 2. The van der Waals surface area contributed by atoms with Gasteiger partial charge in [-0.1, -0.05) is 50.6 Å². The first-order chi connectivity index (χ1) is 13.7. The SMILES string of the molecule is Cc1ccc(OCCOc2ccc(C3NC(C(=O)O)CS3)cc2)c(C(C)(C)C)c1. The van der Waals surface area contributed by atoms with Crippen molar-refractivity contribution in [2.24, 2.45) is 0 Å². The number of hydrogen-bond donors (Lipinski definition) is 2. The van der Waals surface area contributed by atoms with E-state index in [1.165, 1.54) is 11.1 Å². The van der Waals surface area contributed by atoms with Crippen LogP contribution in [-0.2, 0) is 10.2 Å². The first-order valence-corrected chi connectivity index (χ1v) is 10.9. The molecule has 1 heterocycles. The van der Waals surface area contributed by atoms with E-state index < -0.39 is 12.0 Å². The summed E-state index contributed by atoms with van der Waals surface area (Å²) in [5.41, 5.74) is 3.49. The van der Waals surface area contributed by atoms with Crippen LogP contribution in [0.25, 0.3) is 0 Å². The molecule has 0 amide bonds. The van der Waals surface area contributed by atoms with E-state index in [0.717, 1.165) is 17.1 Å². The summed E-state index contributed by atoms with van der Waals surface area (Å²) in [5, 5.41) is 12.2. The van der Waals surface area contributed by atoms with E-state index in [9.17, 15) is 4.79 Å². The molecule has 1 aliphatic rings. The van der Waals surface area contributed by atoms with Gasteiger partial charge in [0, 0.05) is 5.75 Å². The van der Waals surface area contributed by atoms with Crippen LogP contribution in [-0.4, -0.2) is 36.1 Å². The Hall–Kier alpha value is -2.18. The Labute approximate surface area is 176 Å². The van der Waals surface area contributed by atoms with Crippen LogP contribution in [0.3, 0.4) is 0 Å². The Bertz CT molecular complexity index is 845. The average Bonchev–Trinajstić information content (AvgIpc) is 3.16. The maximum Gasteiger partial charge on any atom is 0.321 e. The van der Waals surface area contributed by atoms with Crippen molar-refractivity contribution in [1.82, 2.24) is 5.32 Å². The highest BCUT2D eigenvalue weighted by atomic mass is 32.2. The van der Waals surface area contributed by atoms with Crippen LogP contribution in [0.15, 0.2) is 42.5 Å². The summed E-state index contributed by atoms with van der Waals surface area (Å²) in [6.07, 6.45) is 0.